The van der Waals surface area contributed by atoms with Gasteiger partial charge in [0.2, 0.25) is 0 Å². The fraction of sp³-hybridized carbons (Fsp3) is 0.0185. The van der Waals surface area contributed by atoms with Gasteiger partial charge in [-0.25, -0.2) is 0 Å². The molecule has 1 aromatic heterocycles. The Kier molecular flexibility index (Phi) is 13.4. The molecule has 7 nitrogen and oxygen atoms in total. The molecule has 0 aliphatic heterocycles. The van der Waals surface area contributed by atoms with E-state index >= 15 is 0 Å². The quantitative estimate of drug-likeness (QED) is 0.0845. The van der Waals surface area contributed by atoms with Gasteiger partial charge < -0.3 is 22.6 Å². The molecule has 0 spiro atoms. The molecule has 308 valence electrons. The number of hydrogen-bond acceptors (Lipinski definition) is 7. The van der Waals surface area contributed by atoms with Gasteiger partial charge in [0.1, 0.15) is 35.3 Å². The van der Waals surface area contributed by atoms with E-state index in [4.69, 9.17) is 32.1 Å². The van der Waals surface area contributed by atoms with Crippen molar-refractivity contribution in [3.63, 3.8) is 0 Å². The largest absolute Gasteiger partial charge is 0.530 e. The summed E-state index contributed by atoms with van der Waals surface area (Å²) >= 11 is 0. The molecule has 0 saturated carbocycles. The lowest BCUT2D eigenvalue weighted by Gasteiger charge is -2.23. The first-order valence-corrected chi connectivity index (χ1v) is 22.6. The highest BCUT2D eigenvalue weighted by molar-refractivity contribution is 7.43. The van der Waals surface area contributed by atoms with Crippen LogP contribution >= 0.6 is 17.2 Å². The van der Waals surface area contributed by atoms with Crippen molar-refractivity contribution >= 4 is 17.2 Å². The zero-order chi connectivity index (χ0) is 42.5. The van der Waals surface area contributed by atoms with E-state index in [1.54, 1.807) is 6.20 Å². The number of pyridine rings is 1. The van der Waals surface area contributed by atoms with E-state index in [1.807, 2.05) is 231 Å². The van der Waals surface area contributed by atoms with Crippen LogP contribution in [0.5, 0.6) is 28.7 Å². The van der Waals surface area contributed by atoms with E-state index in [2.05, 4.69) is 0 Å². The molecular formula is C54H41NO6P2. The molecule has 0 bridgehead atoms. The smallest absolute Gasteiger partial charge is 0.417 e. The Morgan fingerprint density at radius 3 is 0.937 bits per heavy atom. The number of nitrogens with zero attached hydrogens (tertiary/aromatic N) is 1. The molecule has 0 radical (unpaired) electrons. The Labute approximate surface area is 370 Å². The van der Waals surface area contributed by atoms with Crippen molar-refractivity contribution in [2.75, 3.05) is 0 Å². The van der Waals surface area contributed by atoms with E-state index < -0.39 is 17.2 Å². The van der Waals surface area contributed by atoms with Gasteiger partial charge in [0.25, 0.3) is 0 Å². The summed E-state index contributed by atoms with van der Waals surface area (Å²) < 4.78 is 40.3. The van der Waals surface area contributed by atoms with Crippen LogP contribution in [0.25, 0.3) is 44.5 Å². The first-order chi connectivity index (χ1) is 31.2. The maximum atomic E-state index is 6.76. The predicted octanol–water partition coefficient (Wildman–Crippen LogP) is 15.4. The van der Waals surface area contributed by atoms with Crippen LogP contribution in [0.3, 0.4) is 0 Å². The van der Waals surface area contributed by atoms with E-state index in [-0.39, 0.29) is 6.61 Å². The monoisotopic (exact) mass is 861 g/mol. The molecule has 0 N–H and O–H groups in total. The molecule has 0 saturated heterocycles. The van der Waals surface area contributed by atoms with Crippen LogP contribution in [0.1, 0.15) is 5.69 Å². The van der Waals surface area contributed by atoms with Gasteiger partial charge in [0.05, 0.1) is 0 Å². The molecule has 1 heterocycles. The van der Waals surface area contributed by atoms with Crippen LogP contribution in [0.2, 0.25) is 0 Å². The van der Waals surface area contributed by atoms with Gasteiger partial charge in [-0.15, -0.1) is 0 Å². The first-order valence-electron chi connectivity index (χ1n) is 20.4. The van der Waals surface area contributed by atoms with E-state index in [1.165, 1.54) is 0 Å². The highest BCUT2D eigenvalue weighted by Crippen LogP contribution is 2.50. The fourth-order valence-corrected chi connectivity index (χ4v) is 8.96. The van der Waals surface area contributed by atoms with Crippen molar-refractivity contribution in [3.8, 4) is 73.3 Å². The van der Waals surface area contributed by atoms with Crippen LogP contribution in [0.4, 0.5) is 0 Å². The summed E-state index contributed by atoms with van der Waals surface area (Å²) in [7, 11) is -4.21. The van der Waals surface area contributed by atoms with Crippen LogP contribution in [0.15, 0.2) is 237 Å². The molecule has 63 heavy (non-hydrogen) atoms. The Hall–Kier alpha value is -7.27. The minimum Gasteiger partial charge on any atom is -0.417 e. The number of hydrogen-bond donors (Lipinski definition) is 0. The molecule has 9 aromatic rings. The lowest BCUT2D eigenvalue weighted by molar-refractivity contribution is 0.250. The summed E-state index contributed by atoms with van der Waals surface area (Å²) in [6, 6.07) is 75.5. The zero-order valence-electron chi connectivity index (χ0n) is 34.0. The molecule has 9 rings (SSSR count). The summed E-state index contributed by atoms with van der Waals surface area (Å²) in [6.07, 6.45) is 1.70. The lowest BCUT2D eigenvalue weighted by atomic mass is 10.1. The van der Waals surface area contributed by atoms with Gasteiger partial charge in [-0.05, 0) is 58.7 Å². The van der Waals surface area contributed by atoms with Gasteiger partial charge in [0.15, 0.2) is 5.75 Å². The maximum Gasteiger partial charge on any atom is 0.530 e. The third kappa shape index (κ3) is 10.4. The summed E-state index contributed by atoms with van der Waals surface area (Å²) in [5, 5.41) is 0. The van der Waals surface area contributed by atoms with Gasteiger partial charge in [-0.2, -0.15) is 0 Å². The molecule has 0 unspecified atom stereocenters. The van der Waals surface area contributed by atoms with Crippen molar-refractivity contribution in [3.05, 3.63) is 242 Å². The average molecular weight is 862 g/mol. The predicted molar refractivity (Wildman–Crippen MR) is 254 cm³/mol. The lowest BCUT2D eigenvalue weighted by Crippen LogP contribution is -2.07. The van der Waals surface area contributed by atoms with Crippen molar-refractivity contribution in [1.82, 2.24) is 4.98 Å². The Bertz CT molecular complexity index is 2680. The SMILES string of the molecule is c1ccc(-c2ccccc2OP(OCc2ncccc2OP(Oc2ccccc2-c2ccccc2)Oc2ccccc2-c2ccccc2)Oc2ccccc2-c2ccccc2)cc1. The van der Waals surface area contributed by atoms with Crippen LogP contribution < -0.4 is 22.6 Å². The molecule has 0 atom stereocenters. The Balaban J connectivity index is 1.04. The molecule has 0 aliphatic rings. The zero-order valence-corrected chi connectivity index (χ0v) is 35.8. The summed E-state index contributed by atoms with van der Waals surface area (Å²) in [4.78, 5) is 4.74. The molecule has 9 heteroatoms. The third-order valence-corrected chi connectivity index (χ3v) is 12.0. The van der Waals surface area contributed by atoms with Crippen LogP contribution in [-0.2, 0) is 11.1 Å². The number of aromatic nitrogens is 1. The second-order valence-corrected chi connectivity index (χ2v) is 16.1. The van der Waals surface area contributed by atoms with E-state index in [0.29, 0.717) is 34.4 Å². The van der Waals surface area contributed by atoms with Gasteiger partial charge in [-0.1, -0.05) is 194 Å². The third-order valence-electron chi connectivity index (χ3n) is 9.91. The Morgan fingerprint density at radius 2 is 0.571 bits per heavy atom. The fourth-order valence-electron chi connectivity index (χ4n) is 6.87. The van der Waals surface area contributed by atoms with E-state index in [0.717, 1.165) is 44.5 Å². The van der Waals surface area contributed by atoms with Gasteiger partial charge in [-0.3, -0.25) is 9.51 Å². The average Bonchev–Trinajstić information content (AvgIpc) is 3.35. The molecular weight excluding hydrogens is 821 g/mol. The van der Waals surface area contributed by atoms with E-state index in [9.17, 15) is 0 Å². The number of para-hydroxylation sites is 4. The second kappa shape index (κ2) is 20.5. The summed E-state index contributed by atoms with van der Waals surface area (Å²) in [5.41, 5.74) is 8.11. The van der Waals surface area contributed by atoms with Crippen molar-refractivity contribution in [2.24, 2.45) is 0 Å². The van der Waals surface area contributed by atoms with Crippen molar-refractivity contribution < 1.29 is 27.1 Å². The molecule has 8 aromatic carbocycles. The first kappa shape index (κ1) is 41.1. The topological polar surface area (TPSA) is 68.3 Å². The Morgan fingerprint density at radius 1 is 0.286 bits per heavy atom. The van der Waals surface area contributed by atoms with Crippen LogP contribution in [-0.4, -0.2) is 4.98 Å². The normalized spacial score (nSPS) is 11.0. The molecule has 0 aliphatic carbocycles. The summed E-state index contributed by atoms with van der Waals surface area (Å²) in [6.45, 7) is -0.0206. The summed E-state index contributed by atoms with van der Waals surface area (Å²) in [5.74, 6) is 2.86. The highest BCUT2D eigenvalue weighted by atomic mass is 31.2. The van der Waals surface area contributed by atoms with Gasteiger partial charge >= 0.3 is 17.2 Å². The minimum atomic E-state index is -2.14. The molecule has 0 fully saturated rings. The maximum absolute atomic E-state index is 6.76. The second-order valence-electron chi connectivity index (χ2n) is 14.1. The van der Waals surface area contributed by atoms with Gasteiger partial charge in [0, 0.05) is 28.5 Å². The standard InChI is InChI=1S/C54H41NO6P2/c1-5-22-41(23-6-1)45-30-13-17-34-50(45)57-62(58-51-35-18-14-31-46(51)42-24-7-2-8-25-42)56-40-49-54(38-21-39-55-49)61-63(59-52-36-19-15-32-47(52)43-26-9-3-10-27-43)60-53-37-20-16-33-48(53)44-28-11-4-12-29-44/h1-39H,40H2. The van der Waals surface area contributed by atoms with Crippen LogP contribution in [0, 0.1) is 0 Å². The highest BCUT2D eigenvalue weighted by Gasteiger charge is 2.27. The number of rotatable bonds is 17. The number of benzene rings is 8. The molecule has 0 amide bonds. The van der Waals surface area contributed by atoms with Crippen molar-refractivity contribution in [2.45, 2.75) is 6.61 Å². The van der Waals surface area contributed by atoms with Crippen molar-refractivity contribution in [1.29, 1.82) is 0 Å². The minimum absolute atomic E-state index is 0.0206.